The molecule has 0 rings (SSSR count). The maximum Gasteiger partial charge on any atom is 0.219 e. The number of hydrogen-bond donors (Lipinski definition) is 1. The van der Waals surface area contributed by atoms with Gasteiger partial charge in [-0.25, -0.2) is 0 Å². The Morgan fingerprint density at radius 1 is 1.25 bits per heavy atom. The van der Waals surface area contributed by atoms with Gasteiger partial charge in [0, 0.05) is 13.0 Å². The molecule has 0 aliphatic heterocycles. The second-order valence-corrected chi connectivity index (χ2v) is 2.89. The Morgan fingerprint density at radius 2 is 2.00 bits per heavy atom. The maximum atomic E-state index is 10.3. The van der Waals surface area contributed by atoms with Crippen LogP contribution in [0, 0.1) is 0 Å². The first-order valence-corrected chi connectivity index (χ1v) is 4.63. The molecular weight excluding hydrogens is 154 g/mol. The van der Waals surface area contributed by atoms with Gasteiger partial charge in [-0.3, -0.25) is 4.79 Å². The summed E-state index contributed by atoms with van der Waals surface area (Å²) in [5, 5.41) is 0. The lowest BCUT2D eigenvalue weighted by Crippen LogP contribution is -2.13. The van der Waals surface area contributed by atoms with Gasteiger partial charge in [-0.05, 0) is 6.42 Å². The van der Waals surface area contributed by atoms with Gasteiger partial charge in [0.15, 0.2) is 0 Å². The molecule has 0 unspecified atom stereocenters. The monoisotopic (exact) mass is 173 g/mol. The lowest BCUT2D eigenvalue weighted by Gasteiger charge is -2.01. The predicted octanol–water partition coefficient (Wildman–Crippen LogP) is 1.46. The summed E-state index contributed by atoms with van der Waals surface area (Å²) in [4.78, 5) is 10.3. The number of ether oxygens (including phenoxy) is 1. The largest absolute Gasteiger partial charge is 0.381 e. The Hall–Kier alpha value is -0.570. The van der Waals surface area contributed by atoms with Gasteiger partial charge in [0.05, 0.1) is 6.61 Å². The molecule has 0 aromatic heterocycles. The van der Waals surface area contributed by atoms with Crippen LogP contribution in [0.15, 0.2) is 0 Å². The number of rotatable bonds is 8. The molecule has 0 aromatic rings. The van der Waals surface area contributed by atoms with Crippen LogP contribution in [0.5, 0.6) is 0 Å². The summed E-state index contributed by atoms with van der Waals surface area (Å²) < 4.78 is 5.19. The summed E-state index contributed by atoms with van der Waals surface area (Å²) >= 11 is 0. The lowest BCUT2D eigenvalue weighted by molar-refractivity contribution is -0.119. The van der Waals surface area contributed by atoms with Crippen molar-refractivity contribution >= 4 is 5.91 Å². The first-order valence-electron chi connectivity index (χ1n) is 4.63. The molecule has 3 nitrogen and oxygen atoms in total. The summed E-state index contributed by atoms with van der Waals surface area (Å²) in [6.45, 7) is 3.41. The van der Waals surface area contributed by atoms with Crippen LogP contribution in [0.2, 0.25) is 0 Å². The maximum absolute atomic E-state index is 10.3. The van der Waals surface area contributed by atoms with Gasteiger partial charge in [-0.15, -0.1) is 0 Å². The molecule has 12 heavy (non-hydrogen) atoms. The van der Waals surface area contributed by atoms with Crippen molar-refractivity contribution in [2.24, 2.45) is 5.73 Å². The normalized spacial score (nSPS) is 10.1. The van der Waals surface area contributed by atoms with Crippen molar-refractivity contribution in [3.8, 4) is 0 Å². The number of amides is 1. The molecule has 0 aliphatic rings. The molecule has 0 aromatic carbocycles. The van der Waals surface area contributed by atoms with E-state index in [-0.39, 0.29) is 5.91 Å². The standard InChI is InChI=1S/C9H19NO2/c1-2-3-4-5-7-12-8-6-9(10)11/h2-8H2,1H3,(H2,10,11). The molecule has 0 saturated carbocycles. The van der Waals surface area contributed by atoms with Crippen molar-refractivity contribution in [1.82, 2.24) is 0 Å². The van der Waals surface area contributed by atoms with Crippen molar-refractivity contribution in [2.45, 2.75) is 39.0 Å². The van der Waals surface area contributed by atoms with Gasteiger partial charge >= 0.3 is 0 Å². The summed E-state index contributed by atoms with van der Waals surface area (Å²) in [5.41, 5.74) is 4.94. The van der Waals surface area contributed by atoms with E-state index in [0.717, 1.165) is 13.0 Å². The van der Waals surface area contributed by atoms with E-state index >= 15 is 0 Å². The van der Waals surface area contributed by atoms with Crippen LogP contribution >= 0.6 is 0 Å². The number of primary amides is 1. The molecule has 1 amide bonds. The van der Waals surface area contributed by atoms with Crippen molar-refractivity contribution in [3.05, 3.63) is 0 Å². The number of hydrogen-bond acceptors (Lipinski definition) is 2. The van der Waals surface area contributed by atoms with Gasteiger partial charge in [-0.1, -0.05) is 26.2 Å². The third-order valence-electron chi connectivity index (χ3n) is 1.64. The first-order chi connectivity index (χ1) is 5.77. The first kappa shape index (κ1) is 11.4. The number of carbonyl (C=O) groups is 1. The molecular formula is C9H19NO2. The zero-order valence-electron chi connectivity index (χ0n) is 7.84. The third-order valence-corrected chi connectivity index (χ3v) is 1.64. The minimum Gasteiger partial charge on any atom is -0.381 e. The molecule has 0 atom stereocenters. The van der Waals surface area contributed by atoms with Gasteiger partial charge in [0.1, 0.15) is 0 Å². The Balaban J connectivity index is 2.86. The van der Waals surface area contributed by atoms with E-state index in [1.54, 1.807) is 0 Å². The molecule has 0 heterocycles. The molecule has 72 valence electrons. The van der Waals surface area contributed by atoms with Gasteiger partial charge in [0.25, 0.3) is 0 Å². The van der Waals surface area contributed by atoms with Crippen LogP contribution in [-0.2, 0) is 9.53 Å². The topological polar surface area (TPSA) is 52.3 Å². The van der Waals surface area contributed by atoms with E-state index in [2.05, 4.69) is 6.92 Å². The summed E-state index contributed by atoms with van der Waals surface area (Å²) in [6.07, 6.45) is 5.15. The Labute approximate surface area is 74.3 Å². The summed E-state index contributed by atoms with van der Waals surface area (Å²) in [6, 6.07) is 0. The van der Waals surface area contributed by atoms with E-state index in [9.17, 15) is 4.79 Å². The van der Waals surface area contributed by atoms with Crippen molar-refractivity contribution < 1.29 is 9.53 Å². The van der Waals surface area contributed by atoms with Crippen molar-refractivity contribution in [3.63, 3.8) is 0 Å². The zero-order valence-corrected chi connectivity index (χ0v) is 7.84. The highest BCUT2D eigenvalue weighted by molar-refractivity contribution is 5.73. The van der Waals surface area contributed by atoms with Gasteiger partial charge in [-0.2, -0.15) is 0 Å². The summed E-state index contributed by atoms with van der Waals surface area (Å²) in [5.74, 6) is -0.288. The second-order valence-electron chi connectivity index (χ2n) is 2.89. The van der Waals surface area contributed by atoms with E-state index in [1.165, 1.54) is 19.3 Å². The fourth-order valence-electron chi connectivity index (χ4n) is 0.906. The number of unbranched alkanes of at least 4 members (excludes halogenated alkanes) is 3. The predicted molar refractivity (Wildman–Crippen MR) is 48.8 cm³/mol. The molecule has 0 radical (unpaired) electrons. The summed E-state index contributed by atoms with van der Waals surface area (Å²) in [7, 11) is 0. The van der Waals surface area contributed by atoms with Gasteiger partial charge < -0.3 is 10.5 Å². The van der Waals surface area contributed by atoms with E-state index in [1.807, 2.05) is 0 Å². The van der Waals surface area contributed by atoms with E-state index in [4.69, 9.17) is 10.5 Å². The molecule has 0 spiro atoms. The Bertz CT molecular complexity index is 115. The highest BCUT2D eigenvalue weighted by atomic mass is 16.5. The van der Waals surface area contributed by atoms with Crippen LogP contribution < -0.4 is 5.73 Å². The third kappa shape index (κ3) is 9.43. The Morgan fingerprint density at radius 3 is 2.58 bits per heavy atom. The quantitative estimate of drug-likeness (QED) is 0.565. The fraction of sp³-hybridized carbons (Fsp3) is 0.889. The van der Waals surface area contributed by atoms with Crippen LogP contribution in [-0.4, -0.2) is 19.1 Å². The van der Waals surface area contributed by atoms with Crippen molar-refractivity contribution in [1.29, 1.82) is 0 Å². The van der Waals surface area contributed by atoms with Crippen LogP contribution in [0.1, 0.15) is 39.0 Å². The lowest BCUT2D eigenvalue weighted by atomic mass is 10.2. The average molecular weight is 173 g/mol. The molecule has 0 fully saturated rings. The number of carbonyl (C=O) groups excluding carboxylic acids is 1. The molecule has 0 aliphatic carbocycles. The Kier molecular flexibility index (Phi) is 8.12. The molecule has 0 bridgehead atoms. The molecule has 0 saturated heterocycles. The fourth-order valence-corrected chi connectivity index (χ4v) is 0.906. The minimum absolute atomic E-state index is 0.288. The smallest absolute Gasteiger partial charge is 0.219 e. The highest BCUT2D eigenvalue weighted by Gasteiger charge is 1.93. The number of nitrogens with two attached hydrogens (primary N) is 1. The van der Waals surface area contributed by atoms with Crippen molar-refractivity contribution in [2.75, 3.05) is 13.2 Å². The highest BCUT2D eigenvalue weighted by Crippen LogP contribution is 1.98. The second kappa shape index (κ2) is 8.53. The molecule has 3 heteroatoms. The molecule has 2 N–H and O–H groups in total. The minimum atomic E-state index is -0.288. The van der Waals surface area contributed by atoms with Crippen LogP contribution in [0.4, 0.5) is 0 Å². The van der Waals surface area contributed by atoms with Crippen LogP contribution in [0.3, 0.4) is 0 Å². The average Bonchev–Trinajstić information content (AvgIpc) is 2.02. The van der Waals surface area contributed by atoms with Gasteiger partial charge in [0.2, 0.25) is 5.91 Å². The van der Waals surface area contributed by atoms with E-state index < -0.39 is 0 Å². The zero-order chi connectivity index (χ0) is 9.23. The van der Waals surface area contributed by atoms with Crippen LogP contribution in [0.25, 0.3) is 0 Å². The SMILES string of the molecule is CCCCCCOCCC(N)=O. The van der Waals surface area contributed by atoms with E-state index in [0.29, 0.717) is 13.0 Å².